The third kappa shape index (κ3) is 2.40. The van der Waals surface area contributed by atoms with E-state index in [0.717, 1.165) is 10.8 Å². The topological polar surface area (TPSA) is 114 Å². The van der Waals surface area contributed by atoms with E-state index in [2.05, 4.69) is 15.0 Å². The van der Waals surface area contributed by atoms with Crippen LogP contribution in [0, 0.1) is 0 Å². The average Bonchev–Trinajstić information content (AvgIpc) is 3.03. The van der Waals surface area contributed by atoms with E-state index >= 15 is 0 Å². The lowest BCUT2D eigenvalue weighted by Gasteiger charge is -2.16. The molecule has 0 saturated carbocycles. The monoisotopic (exact) mass is 312 g/mol. The van der Waals surface area contributed by atoms with Crippen molar-refractivity contribution in [2.75, 3.05) is 12.4 Å². The Morgan fingerprint density at radius 3 is 2.76 bits per heavy atom. The van der Waals surface area contributed by atoms with Crippen LogP contribution in [0.4, 0.5) is 0 Å². The van der Waals surface area contributed by atoms with Crippen molar-refractivity contribution in [2.24, 2.45) is 0 Å². The van der Waals surface area contributed by atoms with Gasteiger partial charge in [0.25, 0.3) is 0 Å². The number of aliphatic hydroxyl groups is 3. The van der Waals surface area contributed by atoms with Gasteiger partial charge >= 0.3 is 0 Å². The first-order valence-corrected chi connectivity index (χ1v) is 7.58. The summed E-state index contributed by atoms with van der Waals surface area (Å²) in [6.45, 7) is 1.65. The van der Waals surface area contributed by atoms with Crippen molar-refractivity contribution in [2.45, 2.75) is 36.5 Å². The summed E-state index contributed by atoms with van der Waals surface area (Å²) in [6.07, 6.45) is -1.04. The minimum absolute atomic E-state index is 0.368. The van der Waals surface area contributed by atoms with Gasteiger partial charge < -0.3 is 20.1 Å². The van der Waals surface area contributed by atoms with Gasteiger partial charge in [-0.15, -0.1) is 11.8 Å². The largest absolute Gasteiger partial charge is 0.394 e. The minimum atomic E-state index is -1.16. The molecule has 0 radical (unpaired) electrons. The summed E-state index contributed by atoms with van der Waals surface area (Å²) < 4.78 is 7.05. The van der Waals surface area contributed by atoms with Gasteiger partial charge in [0.15, 0.2) is 11.9 Å². The highest BCUT2D eigenvalue weighted by molar-refractivity contribution is 7.99. The highest BCUT2D eigenvalue weighted by atomic mass is 32.2. The van der Waals surface area contributed by atoms with E-state index in [0.29, 0.717) is 11.2 Å². The summed E-state index contributed by atoms with van der Waals surface area (Å²) >= 11 is 1.55. The molecule has 3 heterocycles. The number of ether oxygens (including phenoxy) is 1. The fourth-order valence-electron chi connectivity index (χ4n) is 2.37. The van der Waals surface area contributed by atoms with E-state index in [1.165, 1.54) is 12.7 Å². The molecule has 1 fully saturated rings. The number of hydrogen-bond donors (Lipinski definition) is 3. The number of nitrogens with zero attached hydrogens (tertiary/aromatic N) is 4. The van der Waals surface area contributed by atoms with Crippen molar-refractivity contribution in [1.29, 1.82) is 0 Å². The van der Waals surface area contributed by atoms with E-state index < -0.39 is 24.5 Å². The Labute approximate surface area is 124 Å². The van der Waals surface area contributed by atoms with Crippen LogP contribution < -0.4 is 0 Å². The molecule has 2 aromatic heterocycles. The fraction of sp³-hybridized carbons (Fsp3) is 0.583. The van der Waals surface area contributed by atoms with Crippen molar-refractivity contribution in [3.63, 3.8) is 0 Å². The smallest absolute Gasteiger partial charge is 0.166 e. The highest BCUT2D eigenvalue weighted by Crippen LogP contribution is 2.32. The molecular formula is C12H16N4O4S. The van der Waals surface area contributed by atoms with Gasteiger partial charge in [-0.25, -0.2) is 15.0 Å². The summed E-state index contributed by atoms with van der Waals surface area (Å²) in [6, 6.07) is 0. The van der Waals surface area contributed by atoms with Crippen molar-refractivity contribution >= 4 is 22.9 Å². The molecule has 1 aliphatic heterocycles. The maximum Gasteiger partial charge on any atom is 0.166 e. The van der Waals surface area contributed by atoms with Crippen LogP contribution in [0.15, 0.2) is 17.7 Å². The van der Waals surface area contributed by atoms with Crippen LogP contribution in [0.2, 0.25) is 0 Å². The maximum atomic E-state index is 10.1. The number of aromatic nitrogens is 4. The van der Waals surface area contributed by atoms with Crippen molar-refractivity contribution < 1.29 is 20.1 Å². The summed E-state index contributed by atoms with van der Waals surface area (Å²) in [5, 5.41) is 29.8. The van der Waals surface area contributed by atoms with Crippen LogP contribution in [0.3, 0.4) is 0 Å². The molecule has 21 heavy (non-hydrogen) atoms. The SMILES string of the molecule is CCSc1ncnc2c1ncn2[C@H]1O[C@@H](CO)[C@@H](O)[C@@H]1O. The number of rotatable bonds is 4. The van der Waals surface area contributed by atoms with Crippen LogP contribution in [0.5, 0.6) is 0 Å². The molecule has 1 aliphatic rings. The Morgan fingerprint density at radius 2 is 2.10 bits per heavy atom. The standard InChI is InChI=1S/C12H16N4O4S/c1-2-21-11-7-10(13-4-14-11)16(5-15-7)12-9(19)8(18)6(3-17)20-12/h4-6,8-9,12,17-19H,2-3H2,1H3/t6-,8+,9-,12-/m0/s1. The summed E-state index contributed by atoms with van der Waals surface area (Å²) in [5.74, 6) is 0.854. The first-order chi connectivity index (χ1) is 10.2. The van der Waals surface area contributed by atoms with E-state index in [-0.39, 0.29) is 6.61 Å². The Bertz CT molecular complexity index is 637. The second-order valence-corrected chi connectivity index (χ2v) is 5.92. The molecule has 9 heteroatoms. The lowest BCUT2D eigenvalue weighted by molar-refractivity contribution is -0.0511. The molecule has 3 N–H and O–H groups in total. The molecule has 2 aromatic rings. The number of hydrogen-bond acceptors (Lipinski definition) is 8. The van der Waals surface area contributed by atoms with Crippen molar-refractivity contribution in [3.05, 3.63) is 12.7 Å². The van der Waals surface area contributed by atoms with Crippen molar-refractivity contribution in [1.82, 2.24) is 19.5 Å². The third-order valence-corrected chi connectivity index (χ3v) is 4.26. The van der Waals surface area contributed by atoms with Gasteiger partial charge in [0.1, 0.15) is 35.2 Å². The van der Waals surface area contributed by atoms with Gasteiger partial charge in [0.2, 0.25) is 0 Å². The fourth-order valence-corrected chi connectivity index (χ4v) is 3.04. The molecule has 1 saturated heterocycles. The minimum Gasteiger partial charge on any atom is -0.394 e. The molecule has 4 atom stereocenters. The molecule has 0 aromatic carbocycles. The van der Waals surface area contributed by atoms with Gasteiger partial charge in [0.05, 0.1) is 12.9 Å². The van der Waals surface area contributed by atoms with E-state index in [1.807, 2.05) is 6.92 Å². The molecule has 8 nitrogen and oxygen atoms in total. The Balaban J connectivity index is 2.00. The van der Waals surface area contributed by atoms with Crippen LogP contribution in [0.1, 0.15) is 13.2 Å². The predicted molar refractivity (Wildman–Crippen MR) is 74.7 cm³/mol. The molecule has 0 bridgehead atoms. The first-order valence-electron chi connectivity index (χ1n) is 6.60. The van der Waals surface area contributed by atoms with Crippen molar-refractivity contribution in [3.8, 4) is 0 Å². The van der Waals surface area contributed by atoms with Gasteiger partial charge in [-0.3, -0.25) is 4.57 Å². The first kappa shape index (κ1) is 14.7. The number of imidazole rings is 1. The van der Waals surface area contributed by atoms with Gasteiger partial charge in [0, 0.05) is 0 Å². The quantitative estimate of drug-likeness (QED) is 0.514. The summed E-state index contributed by atoms with van der Waals surface area (Å²) in [4.78, 5) is 12.6. The summed E-state index contributed by atoms with van der Waals surface area (Å²) in [7, 11) is 0. The van der Waals surface area contributed by atoms with Gasteiger partial charge in [-0.05, 0) is 5.75 Å². The van der Waals surface area contributed by atoms with Gasteiger partial charge in [-0.2, -0.15) is 0 Å². The predicted octanol–water partition coefficient (Wildman–Crippen LogP) is -0.450. The second-order valence-electron chi connectivity index (χ2n) is 4.66. The zero-order chi connectivity index (χ0) is 15.0. The third-order valence-electron chi connectivity index (χ3n) is 3.40. The molecular weight excluding hydrogens is 296 g/mol. The molecule has 0 unspecified atom stereocenters. The Hall–Kier alpha value is -1.26. The number of fused-ring (bicyclic) bond motifs is 1. The zero-order valence-corrected chi connectivity index (χ0v) is 12.1. The van der Waals surface area contributed by atoms with E-state index in [4.69, 9.17) is 9.84 Å². The van der Waals surface area contributed by atoms with E-state index in [9.17, 15) is 10.2 Å². The van der Waals surface area contributed by atoms with Crippen LogP contribution in [0.25, 0.3) is 11.2 Å². The zero-order valence-electron chi connectivity index (χ0n) is 11.3. The van der Waals surface area contributed by atoms with E-state index in [1.54, 1.807) is 16.3 Å². The Kier molecular flexibility index (Phi) is 4.09. The molecule has 114 valence electrons. The lowest BCUT2D eigenvalue weighted by atomic mass is 10.1. The Morgan fingerprint density at radius 1 is 1.29 bits per heavy atom. The molecule has 0 amide bonds. The van der Waals surface area contributed by atoms with Gasteiger partial charge in [-0.1, -0.05) is 6.92 Å². The normalized spacial score (nSPS) is 29.3. The number of thioether (sulfide) groups is 1. The molecule has 0 aliphatic carbocycles. The highest BCUT2D eigenvalue weighted by Gasteiger charge is 2.43. The number of aliphatic hydroxyl groups excluding tert-OH is 3. The molecule has 3 rings (SSSR count). The maximum absolute atomic E-state index is 10.1. The average molecular weight is 312 g/mol. The van der Waals surface area contributed by atoms with Crippen LogP contribution >= 0.6 is 11.8 Å². The molecule has 0 spiro atoms. The van der Waals surface area contributed by atoms with Crippen LogP contribution in [-0.2, 0) is 4.74 Å². The lowest BCUT2D eigenvalue weighted by Crippen LogP contribution is -2.33. The van der Waals surface area contributed by atoms with Crippen LogP contribution in [-0.4, -0.2) is 65.5 Å². The second kappa shape index (κ2) is 5.85. The summed E-state index contributed by atoms with van der Waals surface area (Å²) in [5.41, 5.74) is 1.15.